The molecule has 0 N–H and O–H groups in total. The van der Waals surface area contributed by atoms with Crippen molar-refractivity contribution in [2.45, 2.75) is 0 Å². The molecule has 0 radical (unpaired) electrons. The van der Waals surface area contributed by atoms with Gasteiger partial charge in [0.15, 0.2) is 0 Å². The molecular formula is C52H36N2. The molecule has 2 heterocycles. The average Bonchev–Trinajstić information content (AvgIpc) is 3.27. The van der Waals surface area contributed by atoms with Gasteiger partial charge >= 0.3 is 0 Å². The molecule has 254 valence electrons. The Balaban J connectivity index is 1.04. The molecule has 0 saturated heterocycles. The van der Waals surface area contributed by atoms with Crippen molar-refractivity contribution in [1.82, 2.24) is 9.97 Å². The number of benzene rings is 7. The van der Waals surface area contributed by atoms with E-state index in [1.807, 2.05) is 36.9 Å². The zero-order chi connectivity index (χ0) is 36.1. The predicted molar refractivity (Wildman–Crippen MR) is 226 cm³/mol. The van der Waals surface area contributed by atoms with Crippen molar-refractivity contribution in [2.24, 2.45) is 0 Å². The lowest BCUT2D eigenvalue weighted by atomic mass is 9.91. The lowest BCUT2D eigenvalue weighted by Crippen LogP contribution is -1.88. The second-order valence-corrected chi connectivity index (χ2v) is 13.6. The standard InChI is InChI=1S/C52H36N2/c1-3-11-37(12-4-1)47-29-48(38-13-5-2-6-14-38)31-49(30-47)40-23-21-39(22-24-40)41-15-7-16-42(27-41)43-17-8-18-44(28-43)50-32-51(45-19-9-25-53-35-45)34-52(33-50)46-20-10-26-54-36-46/h1-36H. The van der Waals surface area contributed by atoms with E-state index in [9.17, 15) is 0 Å². The third kappa shape index (κ3) is 7.01. The highest BCUT2D eigenvalue weighted by molar-refractivity contribution is 5.85. The van der Waals surface area contributed by atoms with Gasteiger partial charge in [0.2, 0.25) is 0 Å². The first-order valence-electron chi connectivity index (χ1n) is 18.3. The zero-order valence-electron chi connectivity index (χ0n) is 29.7. The van der Waals surface area contributed by atoms with Gasteiger partial charge in [-0.05, 0) is 139 Å². The van der Waals surface area contributed by atoms with E-state index >= 15 is 0 Å². The summed E-state index contributed by atoms with van der Waals surface area (Å²) in [6.07, 6.45) is 7.47. The molecule has 7 aromatic carbocycles. The molecule has 2 nitrogen and oxygen atoms in total. The van der Waals surface area contributed by atoms with Crippen LogP contribution in [-0.2, 0) is 0 Å². The fraction of sp³-hybridized carbons (Fsp3) is 0. The van der Waals surface area contributed by atoms with Gasteiger partial charge in [-0.25, -0.2) is 0 Å². The van der Waals surface area contributed by atoms with Crippen molar-refractivity contribution in [1.29, 1.82) is 0 Å². The van der Waals surface area contributed by atoms with Gasteiger partial charge in [-0.3, -0.25) is 9.97 Å². The minimum Gasteiger partial charge on any atom is -0.264 e. The van der Waals surface area contributed by atoms with Crippen LogP contribution in [-0.4, -0.2) is 9.97 Å². The maximum atomic E-state index is 4.39. The Morgan fingerprint density at radius 2 is 0.444 bits per heavy atom. The second kappa shape index (κ2) is 14.8. The van der Waals surface area contributed by atoms with Gasteiger partial charge < -0.3 is 0 Å². The number of hydrogen-bond donors (Lipinski definition) is 0. The van der Waals surface area contributed by atoms with Crippen molar-refractivity contribution >= 4 is 0 Å². The molecule has 0 aliphatic carbocycles. The maximum absolute atomic E-state index is 4.39. The number of hydrogen-bond acceptors (Lipinski definition) is 2. The van der Waals surface area contributed by atoms with Crippen LogP contribution in [0.5, 0.6) is 0 Å². The SMILES string of the molecule is c1ccc(-c2cc(-c3ccccc3)cc(-c3ccc(-c4cccc(-c5cccc(-c6cc(-c7cccnc7)cc(-c7cccnc7)c6)c5)c4)cc3)c2)cc1. The van der Waals surface area contributed by atoms with E-state index in [0.717, 1.165) is 33.4 Å². The summed E-state index contributed by atoms with van der Waals surface area (Å²) in [6.45, 7) is 0. The van der Waals surface area contributed by atoms with Gasteiger partial charge in [0, 0.05) is 35.9 Å². The Bertz CT molecular complexity index is 2550. The molecule has 0 aliphatic rings. The normalized spacial score (nSPS) is 11.0. The summed E-state index contributed by atoms with van der Waals surface area (Å²) >= 11 is 0. The van der Waals surface area contributed by atoms with Crippen molar-refractivity contribution in [3.05, 3.63) is 219 Å². The van der Waals surface area contributed by atoms with Crippen LogP contribution in [0.25, 0.3) is 89.0 Å². The minimum absolute atomic E-state index is 1.08. The highest BCUT2D eigenvalue weighted by Crippen LogP contribution is 2.37. The highest BCUT2D eigenvalue weighted by Gasteiger charge is 2.11. The molecule has 54 heavy (non-hydrogen) atoms. The fourth-order valence-electron chi connectivity index (χ4n) is 7.20. The van der Waals surface area contributed by atoms with E-state index in [2.05, 4.69) is 192 Å². The van der Waals surface area contributed by atoms with Crippen molar-refractivity contribution in [2.75, 3.05) is 0 Å². The van der Waals surface area contributed by atoms with Crippen LogP contribution in [0.15, 0.2) is 219 Å². The van der Waals surface area contributed by atoms with Crippen LogP contribution >= 0.6 is 0 Å². The summed E-state index contributed by atoms with van der Waals surface area (Å²) in [5.74, 6) is 0. The van der Waals surface area contributed by atoms with Crippen LogP contribution in [0.4, 0.5) is 0 Å². The summed E-state index contributed by atoms with van der Waals surface area (Å²) in [6, 6.07) is 69.7. The Labute approximate surface area is 316 Å². The average molecular weight is 689 g/mol. The summed E-state index contributed by atoms with van der Waals surface area (Å²) in [5.41, 5.74) is 18.7. The number of pyridine rings is 2. The van der Waals surface area contributed by atoms with Crippen molar-refractivity contribution in [3.8, 4) is 89.0 Å². The van der Waals surface area contributed by atoms with E-state index in [1.54, 1.807) is 0 Å². The van der Waals surface area contributed by atoms with E-state index in [0.29, 0.717) is 0 Å². The monoisotopic (exact) mass is 688 g/mol. The third-order valence-corrected chi connectivity index (χ3v) is 10.0. The second-order valence-electron chi connectivity index (χ2n) is 13.6. The molecular weight excluding hydrogens is 653 g/mol. The first kappa shape index (κ1) is 32.7. The molecule has 0 amide bonds. The van der Waals surface area contributed by atoms with Crippen LogP contribution in [0.1, 0.15) is 0 Å². The first-order chi connectivity index (χ1) is 26.7. The fourth-order valence-corrected chi connectivity index (χ4v) is 7.20. The van der Waals surface area contributed by atoms with Crippen LogP contribution in [0, 0.1) is 0 Å². The smallest absolute Gasteiger partial charge is 0.0346 e. The lowest BCUT2D eigenvalue weighted by Gasteiger charge is -2.13. The molecule has 2 aromatic heterocycles. The number of aromatic nitrogens is 2. The lowest BCUT2D eigenvalue weighted by molar-refractivity contribution is 1.32. The molecule has 0 spiro atoms. The number of rotatable bonds is 8. The van der Waals surface area contributed by atoms with E-state index in [-0.39, 0.29) is 0 Å². The van der Waals surface area contributed by atoms with E-state index in [1.165, 1.54) is 55.6 Å². The van der Waals surface area contributed by atoms with Gasteiger partial charge in [0.25, 0.3) is 0 Å². The van der Waals surface area contributed by atoms with Crippen LogP contribution in [0.2, 0.25) is 0 Å². The van der Waals surface area contributed by atoms with Crippen molar-refractivity contribution in [3.63, 3.8) is 0 Å². The minimum atomic E-state index is 1.08. The summed E-state index contributed by atoms with van der Waals surface area (Å²) < 4.78 is 0. The molecule has 0 bridgehead atoms. The van der Waals surface area contributed by atoms with Gasteiger partial charge in [-0.1, -0.05) is 133 Å². The Hall–Kier alpha value is -7.16. The van der Waals surface area contributed by atoms with Gasteiger partial charge in [-0.15, -0.1) is 0 Å². The summed E-state index contributed by atoms with van der Waals surface area (Å²) in [5, 5.41) is 0. The Morgan fingerprint density at radius 1 is 0.185 bits per heavy atom. The van der Waals surface area contributed by atoms with Crippen molar-refractivity contribution < 1.29 is 0 Å². The zero-order valence-corrected chi connectivity index (χ0v) is 29.7. The van der Waals surface area contributed by atoms with Gasteiger partial charge in [-0.2, -0.15) is 0 Å². The molecule has 0 fully saturated rings. The molecule has 0 unspecified atom stereocenters. The molecule has 9 rings (SSSR count). The third-order valence-electron chi connectivity index (χ3n) is 10.0. The summed E-state index contributed by atoms with van der Waals surface area (Å²) in [7, 11) is 0. The van der Waals surface area contributed by atoms with Gasteiger partial charge in [0.1, 0.15) is 0 Å². The largest absolute Gasteiger partial charge is 0.264 e. The Kier molecular flexibility index (Phi) is 8.99. The molecule has 0 saturated carbocycles. The Morgan fingerprint density at radius 3 is 0.833 bits per heavy atom. The molecule has 0 aliphatic heterocycles. The van der Waals surface area contributed by atoms with E-state index < -0.39 is 0 Å². The summed E-state index contributed by atoms with van der Waals surface area (Å²) in [4.78, 5) is 8.78. The van der Waals surface area contributed by atoms with Crippen LogP contribution < -0.4 is 0 Å². The molecule has 0 atom stereocenters. The molecule has 2 heteroatoms. The predicted octanol–water partition coefficient (Wildman–Crippen LogP) is 13.8. The molecule has 9 aromatic rings. The van der Waals surface area contributed by atoms with Crippen LogP contribution in [0.3, 0.4) is 0 Å². The number of nitrogens with zero attached hydrogens (tertiary/aromatic N) is 2. The topological polar surface area (TPSA) is 25.8 Å². The van der Waals surface area contributed by atoms with E-state index in [4.69, 9.17) is 0 Å². The maximum Gasteiger partial charge on any atom is 0.0346 e. The quantitative estimate of drug-likeness (QED) is 0.159. The van der Waals surface area contributed by atoms with Gasteiger partial charge in [0.05, 0.1) is 0 Å². The first-order valence-corrected chi connectivity index (χ1v) is 18.3. The highest BCUT2D eigenvalue weighted by atomic mass is 14.6.